The van der Waals surface area contributed by atoms with Gasteiger partial charge in [-0.3, -0.25) is 9.52 Å². The largest absolute Gasteiger partial charge is 0.349 e. The molecule has 138 valence electrons. The van der Waals surface area contributed by atoms with Crippen LogP contribution in [0.3, 0.4) is 0 Å². The summed E-state index contributed by atoms with van der Waals surface area (Å²) in [6, 6.07) is 14.9. The summed E-state index contributed by atoms with van der Waals surface area (Å²) in [6.45, 7) is 2.16. The third-order valence-corrected chi connectivity index (χ3v) is 6.26. The van der Waals surface area contributed by atoms with Crippen molar-refractivity contribution in [1.29, 1.82) is 0 Å². The Morgan fingerprint density at radius 3 is 2.46 bits per heavy atom. The molecule has 1 saturated carbocycles. The second kappa shape index (κ2) is 7.91. The first-order valence-corrected chi connectivity index (χ1v) is 10.4. The van der Waals surface area contributed by atoms with Crippen LogP contribution in [0.15, 0.2) is 59.5 Å². The summed E-state index contributed by atoms with van der Waals surface area (Å²) in [5, 5.41) is 3.09. The third-order valence-electron chi connectivity index (χ3n) is 4.86. The van der Waals surface area contributed by atoms with Gasteiger partial charge in [-0.15, -0.1) is 0 Å². The Balaban J connectivity index is 1.73. The van der Waals surface area contributed by atoms with E-state index in [2.05, 4.69) is 17.0 Å². The van der Waals surface area contributed by atoms with Crippen molar-refractivity contribution in [3.63, 3.8) is 0 Å². The summed E-state index contributed by atoms with van der Waals surface area (Å²) in [4.78, 5) is 12.7. The molecule has 0 aliphatic heterocycles. The van der Waals surface area contributed by atoms with E-state index in [1.807, 2.05) is 0 Å². The Morgan fingerprint density at radius 2 is 1.73 bits per heavy atom. The molecule has 1 fully saturated rings. The molecule has 1 aliphatic carbocycles. The normalized spacial score (nSPS) is 20.3. The molecule has 0 bridgehead atoms. The van der Waals surface area contributed by atoms with Crippen molar-refractivity contribution < 1.29 is 13.2 Å². The van der Waals surface area contributed by atoms with Crippen molar-refractivity contribution >= 4 is 21.6 Å². The third kappa shape index (κ3) is 4.43. The first-order valence-electron chi connectivity index (χ1n) is 8.94. The second-order valence-electron chi connectivity index (χ2n) is 6.84. The highest BCUT2D eigenvalue weighted by Gasteiger charge is 2.23. The van der Waals surface area contributed by atoms with E-state index in [1.54, 1.807) is 42.5 Å². The molecule has 3 rings (SSSR count). The van der Waals surface area contributed by atoms with Gasteiger partial charge in [0.05, 0.1) is 4.90 Å². The fraction of sp³-hybridized carbons (Fsp3) is 0.350. The van der Waals surface area contributed by atoms with Crippen LogP contribution in [-0.2, 0) is 10.0 Å². The molecule has 26 heavy (non-hydrogen) atoms. The number of amides is 1. The van der Waals surface area contributed by atoms with Gasteiger partial charge in [-0.2, -0.15) is 0 Å². The van der Waals surface area contributed by atoms with E-state index >= 15 is 0 Å². The predicted molar refractivity (Wildman–Crippen MR) is 103 cm³/mol. The fourth-order valence-corrected chi connectivity index (χ4v) is 4.39. The SMILES string of the molecule is C[C@H]1CCCC[C@H]1NC(=O)c1cccc(NS(=O)(=O)c2ccccc2)c1. The maximum Gasteiger partial charge on any atom is 0.261 e. The van der Waals surface area contributed by atoms with E-state index in [0.717, 1.165) is 19.3 Å². The van der Waals surface area contributed by atoms with E-state index in [1.165, 1.54) is 18.6 Å². The van der Waals surface area contributed by atoms with E-state index in [9.17, 15) is 13.2 Å². The van der Waals surface area contributed by atoms with Gasteiger partial charge < -0.3 is 5.32 Å². The Morgan fingerprint density at radius 1 is 1.00 bits per heavy atom. The predicted octanol–water partition coefficient (Wildman–Crippen LogP) is 3.80. The lowest BCUT2D eigenvalue weighted by molar-refractivity contribution is 0.0910. The van der Waals surface area contributed by atoms with E-state index in [4.69, 9.17) is 0 Å². The minimum atomic E-state index is -3.67. The highest BCUT2D eigenvalue weighted by Crippen LogP contribution is 2.24. The highest BCUT2D eigenvalue weighted by molar-refractivity contribution is 7.92. The van der Waals surface area contributed by atoms with Crippen molar-refractivity contribution in [3.8, 4) is 0 Å². The molecule has 2 N–H and O–H groups in total. The van der Waals surface area contributed by atoms with Crippen LogP contribution in [0, 0.1) is 5.92 Å². The van der Waals surface area contributed by atoms with E-state index < -0.39 is 10.0 Å². The van der Waals surface area contributed by atoms with Gasteiger partial charge in [-0.25, -0.2) is 8.42 Å². The van der Waals surface area contributed by atoms with Crippen LogP contribution in [0.25, 0.3) is 0 Å². The molecule has 6 heteroatoms. The Labute approximate surface area is 154 Å². The molecule has 1 aliphatic rings. The number of sulfonamides is 1. The number of anilines is 1. The summed E-state index contributed by atoms with van der Waals surface area (Å²) in [5.41, 5.74) is 0.828. The van der Waals surface area contributed by atoms with Gasteiger partial charge in [-0.1, -0.05) is 44.0 Å². The maximum atomic E-state index is 12.6. The van der Waals surface area contributed by atoms with E-state index in [0.29, 0.717) is 17.2 Å². The average molecular weight is 372 g/mol. The molecule has 1 amide bonds. The molecule has 0 spiro atoms. The zero-order valence-electron chi connectivity index (χ0n) is 14.8. The average Bonchev–Trinajstić information content (AvgIpc) is 2.64. The first-order chi connectivity index (χ1) is 12.5. The van der Waals surface area contributed by atoms with Crippen LogP contribution in [0.4, 0.5) is 5.69 Å². The number of carbonyl (C=O) groups is 1. The van der Waals surface area contributed by atoms with Gasteiger partial charge >= 0.3 is 0 Å². The van der Waals surface area contributed by atoms with Crippen LogP contribution in [0.2, 0.25) is 0 Å². The molecule has 0 heterocycles. The minimum Gasteiger partial charge on any atom is -0.349 e. The van der Waals surface area contributed by atoms with Crippen LogP contribution < -0.4 is 10.0 Å². The Kier molecular flexibility index (Phi) is 5.61. The zero-order chi connectivity index (χ0) is 18.6. The molecular formula is C20H24N2O3S. The van der Waals surface area contributed by atoms with Crippen LogP contribution in [0.1, 0.15) is 43.0 Å². The molecule has 0 saturated heterocycles. The standard InChI is InChI=1S/C20H24N2O3S/c1-15-8-5-6-13-19(15)21-20(23)16-9-7-10-17(14-16)22-26(24,25)18-11-3-2-4-12-18/h2-4,7,9-12,14-15,19,22H,5-6,8,13H2,1H3,(H,21,23)/t15-,19+/m0/s1. The number of carbonyl (C=O) groups excluding carboxylic acids is 1. The van der Waals surface area contributed by atoms with Crippen LogP contribution in [-0.4, -0.2) is 20.4 Å². The molecule has 2 aromatic carbocycles. The van der Waals surface area contributed by atoms with Crippen molar-refractivity contribution in [3.05, 3.63) is 60.2 Å². The highest BCUT2D eigenvalue weighted by atomic mass is 32.2. The number of rotatable bonds is 5. The minimum absolute atomic E-state index is 0.162. The summed E-state index contributed by atoms with van der Waals surface area (Å²) >= 11 is 0. The summed E-state index contributed by atoms with van der Waals surface area (Å²) < 4.78 is 27.4. The zero-order valence-corrected chi connectivity index (χ0v) is 15.6. The molecule has 2 atom stereocenters. The first kappa shape index (κ1) is 18.5. The number of hydrogen-bond donors (Lipinski definition) is 2. The quantitative estimate of drug-likeness (QED) is 0.838. The second-order valence-corrected chi connectivity index (χ2v) is 8.52. The Hall–Kier alpha value is -2.34. The number of nitrogens with one attached hydrogen (secondary N) is 2. The van der Waals surface area contributed by atoms with E-state index in [-0.39, 0.29) is 16.8 Å². The summed E-state index contributed by atoms with van der Waals surface area (Å²) in [5.74, 6) is 0.303. The fourth-order valence-electron chi connectivity index (χ4n) is 3.32. The molecule has 0 aromatic heterocycles. The maximum absolute atomic E-state index is 12.6. The molecule has 2 aromatic rings. The smallest absolute Gasteiger partial charge is 0.261 e. The van der Waals surface area contributed by atoms with Gasteiger partial charge in [0.2, 0.25) is 0 Å². The van der Waals surface area contributed by atoms with Crippen molar-refractivity contribution in [1.82, 2.24) is 5.32 Å². The lowest BCUT2D eigenvalue weighted by Gasteiger charge is -2.29. The number of benzene rings is 2. The summed E-state index contributed by atoms with van der Waals surface area (Å²) in [7, 11) is -3.67. The summed E-state index contributed by atoms with van der Waals surface area (Å²) in [6.07, 6.45) is 4.46. The van der Waals surface area contributed by atoms with Crippen molar-refractivity contribution in [2.45, 2.75) is 43.5 Å². The van der Waals surface area contributed by atoms with Gasteiger partial charge in [0.1, 0.15) is 0 Å². The van der Waals surface area contributed by atoms with Gasteiger partial charge in [-0.05, 0) is 49.1 Å². The van der Waals surface area contributed by atoms with Gasteiger partial charge in [0.15, 0.2) is 0 Å². The number of hydrogen-bond acceptors (Lipinski definition) is 3. The Bertz CT molecular complexity index is 866. The molecule has 5 nitrogen and oxygen atoms in total. The lowest BCUT2D eigenvalue weighted by atomic mass is 9.86. The van der Waals surface area contributed by atoms with Gasteiger partial charge in [0.25, 0.3) is 15.9 Å². The molecule has 0 unspecified atom stereocenters. The topological polar surface area (TPSA) is 75.3 Å². The van der Waals surface area contributed by atoms with Crippen LogP contribution in [0.5, 0.6) is 0 Å². The molecular weight excluding hydrogens is 348 g/mol. The van der Waals surface area contributed by atoms with Crippen molar-refractivity contribution in [2.75, 3.05) is 4.72 Å². The van der Waals surface area contributed by atoms with Gasteiger partial charge in [0, 0.05) is 17.3 Å². The molecule has 0 radical (unpaired) electrons. The monoisotopic (exact) mass is 372 g/mol. The van der Waals surface area contributed by atoms with Crippen LogP contribution >= 0.6 is 0 Å². The lowest BCUT2D eigenvalue weighted by Crippen LogP contribution is -2.41. The van der Waals surface area contributed by atoms with Crippen molar-refractivity contribution in [2.24, 2.45) is 5.92 Å².